The summed E-state index contributed by atoms with van der Waals surface area (Å²) >= 11 is 0. The molecule has 3 aromatic carbocycles. The molecule has 0 atom stereocenters. The van der Waals surface area contributed by atoms with Gasteiger partial charge < -0.3 is 14.2 Å². The minimum Gasteiger partial charge on any atom is -0.507 e. The van der Waals surface area contributed by atoms with Crippen LogP contribution in [-0.4, -0.2) is 11.7 Å². The second-order valence-electron chi connectivity index (χ2n) is 19.0. The van der Waals surface area contributed by atoms with Crippen molar-refractivity contribution < 1.29 is 23.2 Å². The first-order chi connectivity index (χ1) is 21.6. The van der Waals surface area contributed by atoms with E-state index in [2.05, 4.69) is 128 Å². The summed E-state index contributed by atoms with van der Waals surface area (Å²) in [4.78, 5) is 0. The van der Waals surface area contributed by atoms with E-state index in [1.807, 2.05) is 19.1 Å². The van der Waals surface area contributed by atoms with E-state index < -0.39 is 7.82 Å². The molecule has 4 rings (SSSR count). The molecule has 0 radical (unpaired) electrons. The maximum atomic E-state index is 15.1. The average molecular weight is 677 g/mol. The van der Waals surface area contributed by atoms with E-state index in [0.717, 1.165) is 38.9 Å². The molecule has 48 heavy (non-hydrogen) atoms. The van der Waals surface area contributed by atoms with Crippen molar-refractivity contribution in [1.29, 1.82) is 0 Å². The Hall–Kier alpha value is -2.75. The lowest BCUT2D eigenvalue weighted by Crippen LogP contribution is -2.23. The zero-order valence-corrected chi connectivity index (χ0v) is 33.5. The van der Waals surface area contributed by atoms with Crippen molar-refractivity contribution in [2.75, 3.05) is 6.61 Å². The Bertz CT molecular complexity index is 1640. The highest BCUT2D eigenvalue weighted by Gasteiger charge is 2.40. The Morgan fingerprint density at radius 2 is 1.04 bits per heavy atom. The van der Waals surface area contributed by atoms with Crippen LogP contribution in [0.5, 0.6) is 17.2 Å². The topological polar surface area (TPSA) is 65.0 Å². The molecule has 0 saturated carbocycles. The fourth-order valence-electron chi connectivity index (χ4n) is 6.18. The molecule has 0 aliphatic carbocycles. The minimum atomic E-state index is -4.21. The summed E-state index contributed by atoms with van der Waals surface area (Å²) in [6.07, 6.45) is 1.05. The minimum absolute atomic E-state index is 0.102. The molecule has 1 aliphatic rings. The molecule has 3 aromatic rings. The van der Waals surface area contributed by atoms with Crippen LogP contribution in [0.2, 0.25) is 0 Å². The molecule has 1 heterocycles. The number of fused-ring (bicyclic) bond motifs is 2. The van der Waals surface area contributed by atoms with Crippen molar-refractivity contribution in [2.45, 2.75) is 151 Å². The molecule has 0 aromatic heterocycles. The zero-order chi connectivity index (χ0) is 36.4. The van der Waals surface area contributed by atoms with Gasteiger partial charge in [-0.3, -0.25) is 4.52 Å². The molecule has 1 N–H and O–H groups in total. The van der Waals surface area contributed by atoms with Crippen molar-refractivity contribution >= 4 is 7.82 Å². The highest BCUT2D eigenvalue weighted by Crippen LogP contribution is 2.57. The number of hydrogen-bond donors (Lipinski definition) is 1. The van der Waals surface area contributed by atoms with E-state index in [-0.39, 0.29) is 33.7 Å². The monoisotopic (exact) mass is 676 g/mol. The van der Waals surface area contributed by atoms with E-state index in [4.69, 9.17) is 13.6 Å². The fourth-order valence-corrected chi connectivity index (χ4v) is 7.52. The summed E-state index contributed by atoms with van der Waals surface area (Å²) in [5, 5.41) is 10.8. The molecule has 0 unspecified atom stereocenters. The number of benzene rings is 3. The number of phosphoric ester groups is 1. The third kappa shape index (κ3) is 8.33. The van der Waals surface area contributed by atoms with Crippen LogP contribution < -0.4 is 9.05 Å². The van der Waals surface area contributed by atoms with Gasteiger partial charge in [-0.1, -0.05) is 140 Å². The van der Waals surface area contributed by atoms with E-state index in [0.29, 0.717) is 30.1 Å². The van der Waals surface area contributed by atoms with E-state index in [1.165, 1.54) is 11.1 Å². The van der Waals surface area contributed by atoms with Crippen LogP contribution >= 0.6 is 7.82 Å². The Labute approximate surface area is 291 Å². The van der Waals surface area contributed by atoms with Crippen molar-refractivity contribution in [3.05, 3.63) is 86.5 Å². The van der Waals surface area contributed by atoms with Gasteiger partial charge in [-0.25, -0.2) is 4.57 Å². The molecule has 264 valence electrons. The quantitative estimate of drug-likeness (QED) is 0.279. The third-order valence-corrected chi connectivity index (χ3v) is 10.6. The summed E-state index contributed by atoms with van der Waals surface area (Å²) in [6.45, 7) is 34.6. The number of phenols is 1. The molecule has 0 fully saturated rings. The summed E-state index contributed by atoms with van der Waals surface area (Å²) in [6, 6.07) is 12.8. The smallest absolute Gasteiger partial charge is 0.507 e. The van der Waals surface area contributed by atoms with Crippen LogP contribution in [0.15, 0.2) is 36.4 Å². The molecular weight excluding hydrogens is 615 g/mol. The third-order valence-electron chi connectivity index (χ3n) is 9.28. The zero-order valence-electron chi connectivity index (χ0n) is 32.6. The van der Waals surface area contributed by atoms with Gasteiger partial charge in [0, 0.05) is 17.5 Å². The number of aromatic hydroxyl groups is 1. The van der Waals surface area contributed by atoms with Crippen LogP contribution in [0.25, 0.3) is 0 Å². The summed E-state index contributed by atoms with van der Waals surface area (Å²) in [5.74, 6) is 1.48. The average Bonchev–Trinajstić information content (AvgIpc) is 2.88. The number of phenolic OH excluding ortho intramolecular Hbond substituents is 1. The molecule has 0 spiro atoms. The molecule has 1 aliphatic heterocycles. The predicted octanol–water partition coefficient (Wildman–Crippen LogP) is 11.9. The lowest BCUT2D eigenvalue weighted by molar-refractivity contribution is 0.207. The lowest BCUT2D eigenvalue weighted by atomic mass is 9.76. The van der Waals surface area contributed by atoms with Gasteiger partial charge in [0.15, 0.2) is 0 Å². The summed E-state index contributed by atoms with van der Waals surface area (Å²) in [5.41, 5.74) is 7.97. The Balaban J connectivity index is 1.93. The van der Waals surface area contributed by atoms with Gasteiger partial charge in [-0.15, -0.1) is 0 Å². The highest BCUT2D eigenvalue weighted by atomic mass is 31.2. The van der Waals surface area contributed by atoms with Gasteiger partial charge >= 0.3 is 7.82 Å². The van der Waals surface area contributed by atoms with Crippen LogP contribution in [0.4, 0.5) is 0 Å². The maximum absolute atomic E-state index is 15.1. The van der Waals surface area contributed by atoms with Crippen LogP contribution in [0, 0.1) is 6.92 Å². The molecule has 6 heteroatoms. The van der Waals surface area contributed by atoms with Crippen LogP contribution in [-0.2, 0) is 49.0 Å². The van der Waals surface area contributed by atoms with Crippen molar-refractivity contribution in [1.82, 2.24) is 0 Å². The van der Waals surface area contributed by atoms with Gasteiger partial charge in [0.25, 0.3) is 0 Å². The number of phosphoric acid groups is 1. The fraction of sp³-hybridized carbons (Fsp3) is 0.571. The van der Waals surface area contributed by atoms with Crippen molar-refractivity contribution in [2.24, 2.45) is 0 Å². The first-order valence-corrected chi connectivity index (χ1v) is 18.9. The second kappa shape index (κ2) is 12.5. The standard InChI is InChI=1S/C42H61O5P/c1-26-19-27(20-32(35(26)43)40(8,9)10)17-18-45-48(44)46-36-28(22-30(38(2,3)4)24-33(36)41(11,12)13)21-29-23-31(39(5,6)7)25-34(37(29)47-48)42(14,15)16/h19-20,22-25,43H,17-18,21H2,1-16H3. The number of aryl methyl sites for hydroxylation is 1. The lowest BCUT2D eigenvalue weighted by Gasteiger charge is -2.34. The Kier molecular flexibility index (Phi) is 9.94. The van der Waals surface area contributed by atoms with E-state index in [1.54, 1.807) is 0 Å². The largest absolute Gasteiger partial charge is 0.587 e. The Morgan fingerprint density at radius 3 is 1.42 bits per heavy atom. The highest BCUT2D eigenvalue weighted by molar-refractivity contribution is 7.49. The molecule has 0 amide bonds. The molecular formula is C42H61O5P. The van der Waals surface area contributed by atoms with Gasteiger partial charge in [-0.2, -0.15) is 0 Å². The van der Waals surface area contributed by atoms with Gasteiger partial charge in [-0.05, 0) is 79.4 Å². The van der Waals surface area contributed by atoms with Crippen molar-refractivity contribution in [3.63, 3.8) is 0 Å². The predicted molar refractivity (Wildman–Crippen MR) is 201 cm³/mol. The molecule has 0 bridgehead atoms. The van der Waals surface area contributed by atoms with Crippen LogP contribution in [0.3, 0.4) is 0 Å². The van der Waals surface area contributed by atoms with Crippen molar-refractivity contribution in [3.8, 4) is 17.2 Å². The van der Waals surface area contributed by atoms with Gasteiger partial charge in [0.2, 0.25) is 0 Å². The van der Waals surface area contributed by atoms with Gasteiger partial charge in [0.05, 0.1) is 6.61 Å². The SMILES string of the molecule is Cc1cc(CCOP2(=O)Oc3c(cc(C(C)(C)C)cc3C(C)(C)C)Cc3cc(C(C)(C)C)cc(C(C)(C)C)c3O2)cc(C(C)(C)C)c1O. The first-order valence-electron chi connectivity index (χ1n) is 17.4. The molecule has 5 nitrogen and oxygen atoms in total. The number of rotatable bonds is 4. The van der Waals surface area contributed by atoms with E-state index in [9.17, 15) is 5.11 Å². The van der Waals surface area contributed by atoms with E-state index >= 15 is 4.57 Å². The molecule has 0 saturated heterocycles. The first kappa shape index (κ1) is 38.1. The summed E-state index contributed by atoms with van der Waals surface area (Å²) < 4.78 is 34.6. The number of hydrogen-bond acceptors (Lipinski definition) is 5. The Morgan fingerprint density at radius 1 is 0.625 bits per heavy atom. The maximum Gasteiger partial charge on any atom is 0.587 e. The van der Waals surface area contributed by atoms with Crippen LogP contribution in [0.1, 0.15) is 154 Å². The second-order valence-corrected chi connectivity index (χ2v) is 20.5. The normalized spacial score (nSPS) is 15.5. The van der Waals surface area contributed by atoms with Gasteiger partial charge in [0.1, 0.15) is 17.2 Å². The summed E-state index contributed by atoms with van der Waals surface area (Å²) in [7, 11) is -4.21.